The molecule has 170 valence electrons. The second-order valence-corrected chi connectivity index (χ2v) is 7.48. The molecular weight excluding hydrogens is 442 g/mol. The number of aryl methyl sites for hydroxylation is 1. The molecule has 0 fully saturated rings. The van der Waals surface area contributed by atoms with Crippen LogP contribution in [-0.4, -0.2) is 28.4 Å². The van der Waals surface area contributed by atoms with E-state index in [-0.39, 0.29) is 39.3 Å². The molecule has 0 aliphatic carbocycles. The molecule has 0 bridgehead atoms. The number of carbonyl (C=O) groups is 2. The summed E-state index contributed by atoms with van der Waals surface area (Å²) in [6, 6.07) is 9.44. The first-order chi connectivity index (χ1) is 15.7. The summed E-state index contributed by atoms with van der Waals surface area (Å²) in [6.45, 7) is 0.863. The van der Waals surface area contributed by atoms with Gasteiger partial charge in [-0.15, -0.1) is 0 Å². The molecule has 0 saturated carbocycles. The summed E-state index contributed by atoms with van der Waals surface area (Å²) in [7, 11) is 0. The summed E-state index contributed by atoms with van der Waals surface area (Å²) < 4.78 is 54.2. The van der Waals surface area contributed by atoms with Crippen LogP contribution in [0.4, 0.5) is 28.9 Å². The van der Waals surface area contributed by atoms with Crippen molar-refractivity contribution < 1.29 is 32.3 Å². The monoisotopic (exact) mass is 459 g/mol. The largest absolute Gasteiger partial charge is 0.378 e. The average Bonchev–Trinajstić information content (AvgIpc) is 2.84. The van der Waals surface area contributed by atoms with E-state index in [0.29, 0.717) is 0 Å². The minimum atomic E-state index is -2.67. The van der Waals surface area contributed by atoms with Gasteiger partial charge in [0.25, 0.3) is 12.3 Å². The van der Waals surface area contributed by atoms with E-state index in [9.17, 15) is 32.3 Å². The normalized spacial score (nSPS) is 15.2. The van der Waals surface area contributed by atoms with Gasteiger partial charge < -0.3 is 10.4 Å². The second-order valence-electron chi connectivity index (χ2n) is 7.48. The van der Waals surface area contributed by atoms with E-state index in [2.05, 4.69) is 10.3 Å². The molecule has 3 aromatic rings. The van der Waals surface area contributed by atoms with Crippen LogP contribution in [0.2, 0.25) is 0 Å². The van der Waals surface area contributed by atoms with Crippen LogP contribution < -0.4 is 10.2 Å². The van der Waals surface area contributed by atoms with Crippen molar-refractivity contribution in [1.82, 2.24) is 4.98 Å². The Morgan fingerprint density at radius 3 is 2.52 bits per heavy atom. The Balaban J connectivity index is 1.71. The molecule has 2 heterocycles. The smallest absolute Gasteiger partial charge is 0.263 e. The predicted octanol–water partition coefficient (Wildman–Crippen LogP) is 4.29. The molecule has 33 heavy (non-hydrogen) atoms. The molecule has 0 saturated heterocycles. The molecule has 2 amide bonds. The molecular formula is C23H17F4N3O3. The number of aromatic nitrogens is 1. The van der Waals surface area contributed by atoms with Gasteiger partial charge in [-0.05, 0) is 42.8 Å². The number of nitrogens with one attached hydrogen (secondary N) is 1. The van der Waals surface area contributed by atoms with Crippen molar-refractivity contribution in [2.45, 2.75) is 19.5 Å². The molecule has 0 radical (unpaired) electrons. The Kier molecular flexibility index (Phi) is 5.86. The van der Waals surface area contributed by atoms with Crippen molar-refractivity contribution in [1.29, 1.82) is 0 Å². The van der Waals surface area contributed by atoms with Gasteiger partial charge in [0.05, 0.1) is 11.3 Å². The van der Waals surface area contributed by atoms with E-state index in [1.165, 1.54) is 31.2 Å². The zero-order chi connectivity index (χ0) is 23.9. The van der Waals surface area contributed by atoms with Gasteiger partial charge in [-0.2, -0.15) is 4.39 Å². The molecule has 2 N–H and O–H groups in total. The fourth-order valence-electron chi connectivity index (χ4n) is 3.69. The van der Waals surface area contributed by atoms with E-state index >= 15 is 0 Å². The number of alkyl halides is 2. The Bertz CT molecular complexity index is 1250. The number of fused-ring (bicyclic) bond motifs is 3. The third-order valence-electron chi connectivity index (χ3n) is 5.20. The number of rotatable bonds is 4. The summed E-state index contributed by atoms with van der Waals surface area (Å²) in [4.78, 5) is 30.4. The number of anilines is 2. The quantitative estimate of drug-likeness (QED) is 0.451. The standard InChI is InChI=1S/C23H17F4N3O3/c1-11-8-17-19(22(27)28-11)15-7-4-13(24)9-16(15)20(32)23(33)30(17)10-18(31)29-14-5-2-12(3-6-14)21(25)26/h2-9,20-21,32H,10H2,1H3,(H,29,31)/t20-/m1/s1. The first-order valence-corrected chi connectivity index (χ1v) is 9.80. The summed E-state index contributed by atoms with van der Waals surface area (Å²) in [5.41, 5.74) is -0.0654. The zero-order valence-corrected chi connectivity index (χ0v) is 17.2. The minimum absolute atomic E-state index is 0.0161. The number of aliphatic hydroxyl groups excluding tert-OH is 1. The molecule has 1 aliphatic heterocycles. The van der Waals surface area contributed by atoms with Gasteiger partial charge in [0, 0.05) is 22.5 Å². The van der Waals surface area contributed by atoms with Crippen molar-refractivity contribution in [3.63, 3.8) is 0 Å². The summed E-state index contributed by atoms with van der Waals surface area (Å²) in [5.74, 6) is -3.37. The molecule has 0 spiro atoms. The maximum Gasteiger partial charge on any atom is 0.263 e. The van der Waals surface area contributed by atoms with Crippen molar-refractivity contribution in [3.05, 3.63) is 77.1 Å². The Morgan fingerprint density at radius 2 is 1.85 bits per heavy atom. The highest BCUT2D eigenvalue weighted by Crippen LogP contribution is 2.41. The number of pyridine rings is 1. The Labute approximate surface area is 185 Å². The number of nitrogens with zero attached hydrogens (tertiary/aromatic N) is 2. The fraction of sp³-hybridized carbons (Fsp3) is 0.174. The maximum atomic E-state index is 14.9. The second kappa shape index (κ2) is 8.62. The predicted molar refractivity (Wildman–Crippen MR) is 112 cm³/mol. The van der Waals surface area contributed by atoms with Gasteiger partial charge in [0.1, 0.15) is 12.4 Å². The molecule has 6 nitrogen and oxygen atoms in total. The average molecular weight is 459 g/mol. The van der Waals surface area contributed by atoms with E-state index in [1.807, 2.05) is 0 Å². The van der Waals surface area contributed by atoms with Crippen LogP contribution >= 0.6 is 0 Å². The SMILES string of the molecule is Cc1cc2c(c(F)n1)-c1ccc(F)cc1[C@@H](O)C(=O)N2CC(=O)Nc1ccc(C(F)F)cc1. The number of aliphatic hydroxyl groups is 1. The number of amides is 2. The van der Waals surface area contributed by atoms with Crippen molar-refractivity contribution in [2.75, 3.05) is 16.8 Å². The number of hydrogen-bond donors (Lipinski definition) is 2. The van der Waals surface area contributed by atoms with Crippen LogP contribution in [0.25, 0.3) is 11.1 Å². The lowest BCUT2D eigenvalue weighted by atomic mass is 9.97. The summed E-state index contributed by atoms with van der Waals surface area (Å²) in [5, 5.41) is 13.1. The van der Waals surface area contributed by atoms with Gasteiger partial charge in [-0.3, -0.25) is 14.5 Å². The Hall–Kier alpha value is -3.79. The van der Waals surface area contributed by atoms with E-state index < -0.39 is 42.7 Å². The van der Waals surface area contributed by atoms with Gasteiger partial charge in [0.15, 0.2) is 6.10 Å². The highest BCUT2D eigenvalue weighted by molar-refractivity contribution is 6.08. The lowest BCUT2D eigenvalue weighted by Crippen LogP contribution is -2.40. The summed E-state index contributed by atoms with van der Waals surface area (Å²) >= 11 is 0. The molecule has 1 aromatic heterocycles. The van der Waals surface area contributed by atoms with Crippen LogP contribution in [0.15, 0.2) is 48.5 Å². The van der Waals surface area contributed by atoms with Crippen LogP contribution in [0, 0.1) is 18.7 Å². The van der Waals surface area contributed by atoms with E-state index in [0.717, 1.165) is 29.2 Å². The van der Waals surface area contributed by atoms with Crippen LogP contribution in [0.3, 0.4) is 0 Å². The first-order valence-electron chi connectivity index (χ1n) is 9.80. The zero-order valence-electron chi connectivity index (χ0n) is 17.2. The molecule has 2 aromatic carbocycles. The van der Waals surface area contributed by atoms with Gasteiger partial charge in [0.2, 0.25) is 11.9 Å². The van der Waals surface area contributed by atoms with Gasteiger partial charge >= 0.3 is 0 Å². The van der Waals surface area contributed by atoms with Crippen molar-refractivity contribution in [2.24, 2.45) is 0 Å². The molecule has 0 unspecified atom stereocenters. The number of hydrogen-bond acceptors (Lipinski definition) is 4. The fourth-order valence-corrected chi connectivity index (χ4v) is 3.69. The number of benzene rings is 2. The third-order valence-corrected chi connectivity index (χ3v) is 5.20. The van der Waals surface area contributed by atoms with Crippen molar-refractivity contribution >= 4 is 23.2 Å². The summed E-state index contributed by atoms with van der Waals surface area (Å²) in [6.07, 6.45) is -4.53. The molecule has 10 heteroatoms. The molecule has 1 atom stereocenters. The van der Waals surface area contributed by atoms with Crippen LogP contribution in [-0.2, 0) is 9.59 Å². The lowest BCUT2D eigenvalue weighted by Gasteiger charge is -2.24. The number of halogens is 4. The van der Waals surface area contributed by atoms with E-state index in [1.54, 1.807) is 0 Å². The Morgan fingerprint density at radius 1 is 1.15 bits per heavy atom. The van der Waals surface area contributed by atoms with Gasteiger partial charge in [-0.25, -0.2) is 18.2 Å². The highest BCUT2D eigenvalue weighted by Gasteiger charge is 2.36. The minimum Gasteiger partial charge on any atom is -0.378 e. The highest BCUT2D eigenvalue weighted by atomic mass is 19.3. The molecule has 1 aliphatic rings. The lowest BCUT2D eigenvalue weighted by molar-refractivity contribution is -0.128. The van der Waals surface area contributed by atoms with Crippen LogP contribution in [0.1, 0.15) is 29.4 Å². The van der Waals surface area contributed by atoms with Crippen molar-refractivity contribution in [3.8, 4) is 11.1 Å². The number of carbonyl (C=O) groups excluding carboxylic acids is 2. The topological polar surface area (TPSA) is 82.5 Å². The maximum absolute atomic E-state index is 14.9. The molecule has 4 rings (SSSR count). The third kappa shape index (κ3) is 4.29. The van der Waals surface area contributed by atoms with Gasteiger partial charge in [-0.1, -0.05) is 18.2 Å². The van der Waals surface area contributed by atoms with Crippen LogP contribution in [0.5, 0.6) is 0 Å². The first kappa shape index (κ1) is 22.4. The van der Waals surface area contributed by atoms with E-state index in [4.69, 9.17) is 0 Å².